The monoisotopic (exact) mass is 240 g/mol. The third-order valence-electron chi connectivity index (χ3n) is 3.14. The van der Waals surface area contributed by atoms with E-state index in [9.17, 15) is 0 Å². The Kier molecular flexibility index (Phi) is 4.40. The summed E-state index contributed by atoms with van der Waals surface area (Å²) in [6.07, 6.45) is 8.96. The second-order valence-corrected chi connectivity index (χ2v) is 4.43. The van der Waals surface area contributed by atoms with Gasteiger partial charge in [-0.2, -0.15) is 0 Å². The molecule has 1 atom stereocenters. The largest absolute Gasteiger partial charge is 0.498 e. The fraction of sp³-hybridized carbons (Fsp3) is 0.294. The van der Waals surface area contributed by atoms with Crippen LogP contribution in [0, 0.1) is 0 Å². The van der Waals surface area contributed by atoms with Crippen molar-refractivity contribution in [2.24, 2.45) is 0 Å². The van der Waals surface area contributed by atoms with Crippen LogP contribution in [0.4, 0.5) is 0 Å². The van der Waals surface area contributed by atoms with Crippen molar-refractivity contribution < 1.29 is 4.74 Å². The van der Waals surface area contributed by atoms with Gasteiger partial charge in [-0.3, -0.25) is 0 Å². The molecule has 0 amide bonds. The van der Waals surface area contributed by atoms with Gasteiger partial charge in [-0.25, -0.2) is 0 Å². The summed E-state index contributed by atoms with van der Waals surface area (Å²) >= 11 is 0. The van der Waals surface area contributed by atoms with Crippen molar-refractivity contribution in [3.8, 4) is 0 Å². The molecule has 1 nitrogen and oxygen atoms in total. The molecule has 18 heavy (non-hydrogen) atoms. The standard InChI is InChI=1S/C17H20O/c1-3-18-14(2)17(15-10-6-4-7-11-15)16-12-8-5-9-13-16/h4,6-8,10-13,17H,2-3,5,9H2,1H3. The fourth-order valence-corrected chi connectivity index (χ4v) is 2.33. The van der Waals surface area contributed by atoms with E-state index in [-0.39, 0.29) is 5.92 Å². The summed E-state index contributed by atoms with van der Waals surface area (Å²) in [5.74, 6) is 0.990. The molecule has 0 heterocycles. The van der Waals surface area contributed by atoms with Crippen LogP contribution in [0.2, 0.25) is 0 Å². The Hall–Kier alpha value is -1.76. The number of allylic oxidation sites excluding steroid dienone is 4. The zero-order valence-electron chi connectivity index (χ0n) is 10.9. The number of ether oxygens (including phenoxy) is 1. The normalized spacial score (nSPS) is 15.9. The van der Waals surface area contributed by atoms with Crippen LogP contribution in [0.25, 0.3) is 0 Å². The van der Waals surface area contributed by atoms with Crippen molar-refractivity contribution in [3.63, 3.8) is 0 Å². The Labute approximate surface area is 109 Å². The summed E-state index contributed by atoms with van der Waals surface area (Å²) in [4.78, 5) is 0. The Bertz CT molecular complexity index is 454. The first-order valence-electron chi connectivity index (χ1n) is 6.56. The lowest BCUT2D eigenvalue weighted by atomic mass is 9.87. The summed E-state index contributed by atoms with van der Waals surface area (Å²) in [5, 5.41) is 0. The van der Waals surface area contributed by atoms with Gasteiger partial charge < -0.3 is 4.74 Å². The summed E-state index contributed by atoms with van der Waals surface area (Å²) in [5.41, 5.74) is 2.54. The molecule has 1 aromatic rings. The molecular weight excluding hydrogens is 220 g/mol. The lowest BCUT2D eigenvalue weighted by molar-refractivity contribution is 0.216. The highest BCUT2D eigenvalue weighted by Gasteiger charge is 2.20. The molecule has 2 rings (SSSR count). The molecule has 0 aliphatic heterocycles. The maximum Gasteiger partial charge on any atom is 0.101 e. The first kappa shape index (κ1) is 12.7. The van der Waals surface area contributed by atoms with Gasteiger partial charge in [-0.05, 0) is 30.9 Å². The summed E-state index contributed by atoms with van der Waals surface area (Å²) in [6, 6.07) is 10.4. The number of hydrogen-bond donors (Lipinski definition) is 0. The van der Waals surface area contributed by atoms with Crippen molar-refractivity contribution in [1.82, 2.24) is 0 Å². The minimum atomic E-state index is 0.155. The van der Waals surface area contributed by atoms with E-state index in [4.69, 9.17) is 4.74 Å². The molecule has 0 radical (unpaired) electrons. The van der Waals surface area contributed by atoms with E-state index < -0.39 is 0 Å². The third kappa shape index (κ3) is 2.92. The molecule has 0 saturated heterocycles. The van der Waals surface area contributed by atoms with Gasteiger partial charge in [-0.15, -0.1) is 0 Å². The maximum absolute atomic E-state index is 5.64. The van der Waals surface area contributed by atoms with E-state index >= 15 is 0 Å². The van der Waals surface area contributed by atoms with Gasteiger partial charge in [0.1, 0.15) is 5.76 Å². The number of hydrogen-bond acceptors (Lipinski definition) is 1. The zero-order valence-corrected chi connectivity index (χ0v) is 10.9. The Morgan fingerprint density at radius 3 is 2.67 bits per heavy atom. The van der Waals surface area contributed by atoms with Gasteiger partial charge in [0.2, 0.25) is 0 Å². The van der Waals surface area contributed by atoms with Gasteiger partial charge in [0.15, 0.2) is 0 Å². The topological polar surface area (TPSA) is 9.23 Å². The summed E-state index contributed by atoms with van der Waals surface area (Å²) in [6.45, 7) is 6.76. The van der Waals surface area contributed by atoms with Gasteiger partial charge in [0, 0.05) is 0 Å². The van der Waals surface area contributed by atoms with Gasteiger partial charge in [-0.1, -0.05) is 55.1 Å². The maximum atomic E-state index is 5.64. The van der Waals surface area contributed by atoms with Crippen LogP contribution in [0.5, 0.6) is 0 Å². The van der Waals surface area contributed by atoms with Crippen LogP contribution < -0.4 is 0 Å². The van der Waals surface area contributed by atoms with Crippen molar-refractivity contribution >= 4 is 0 Å². The second kappa shape index (κ2) is 6.25. The molecule has 0 fully saturated rings. The molecule has 0 saturated carbocycles. The average Bonchev–Trinajstić information content (AvgIpc) is 2.42. The quantitative estimate of drug-likeness (QED) is 0.684. The van der Waals surface area contributed by atoms with Crippen molar-refractivity contribution in [2.75, 3.05) is 6.61 Å². The van der Waals surface area contributed by atoms with Crippen molar-refractivity contribution in [3.05, 3.63) is 72.0 Å². The van der Waals surface area contributed by atoms with Gasteiger partial charge in [0.25, 0.3) is 0 Å². The molecule has 0 spiro atoms. The zero-order chi connectivity index (χ0) is 12.8. The first-order valence-corrected chi connectivity index (χ1v) is 6.56. The Morgan fingerprint density at radius 2 is 2.06 bits per heavy atom. The van der Waals surface area contributed by atoms with Crippen molar-refractivity contribution in [2.45, 2.75) is 25.7 Å². The van der Waals surface area contributed by atoms with Crippen LogP contribution in [0.1, 0.15) is 31.2 Å². The molecule has 0 bridgehead atoms. The Balaban J connectivity index is 2.31. The highest BCUT2D eigenvalue weighted by Crippen LogP contribution is 2.34. The highest BCUT2D eigenvalue weighted by molar-refractivity contribution is 5.41. The van der Waals surface area contributed by atoms with Crippen LogP contribution in [-0.4, -0.2) is 6.61 Å². The molecule has 1 aliphatic carbocycles. The lowest BCUT2D eigenvalue weighted by Gasteiger charge is -2.23. The van der Waals surface area contributed by atoms with Crippen LogP contribution in [0.15, 0.2) is 66.5 Å². The predicted molar refractivity (Wildman–Crippen MR) is 76.4 cm³/mol. The minimum absolute atomic E-state index is 0.155. The highest BCUT2D eigenvalue weighted by atomic mass is 16.5. The molecule has 1 aliphatic rings. The van der Waals surface area contributed by atoms with Crippen LogP contribution in [-0.2, 0) is 4.74 Å². The molecule has 1 unspecified atom stereocenters. The molecule has 1 heteroatoms. The van der Waals surface area contributed by atoms with Gasteiger partial charge in [0.05, 0.1) is 12.5 Å². The Morgan fingerprint density at radius 1 is 1.28 bits per heavy atom. The summed E-state index contributed by atoms with van der Waals surface area (Å²) < 4.78 is 5.64. The molecule has 0 N–H and O–H groups in total. The van der Waals surface area contributed by atoms with Crippen LogP contribution >= 0.6 is 0 Å². The third-order valence-corrected chi connectivity index (χ3v) is 3.14. The first-order chi connectivity index (χ1) is 8.83. The minimum Gasteiger partial charge on any atom is -0.498 e. The molecular formula is C17H20O. The fourth-order valence-electron chi connectivity index (χ4n) is 2.33. The molecule has 1 aromatic carbocycles. The number of rotatable bonds is 5. The molecule has 0 aromatic heterocycles. The lowest BCUT2D eigenvalue weighted by Crippen LogP contribution is -2.08. The average molecular weight is 240 g/mol. The van der Waals surface area contributed by atoms with E-state index in [1.165, 1.54) is 11.1 Å². The van der Waals surface area contributed by atoms with E-state index in [0.29, 0.717) is 6.61 Å². The summed E-state index contributed by atoms with van der Waals surface area (Å²) in [7, 11) is 0. The van der Waals surface area contributed by atoms with E-state index in [2.05, 4.69) is 49.1 Å². The predicted octanol–water partition coefficient (Wildman–Crippen LogP) is 4.60. The van der Waals surface area contributed by atoms with Crippen LogP contribution in [0.3, 0.4) is 0 Å². The van der Waals surface area contributed by atoms with E-state index in [1.54, 1.807) is 0 Å². The second-order valence-electron chi connectivity index (χ2n) is 4.43. The van der Waals surface area contributed by atoms with E-state index in [1.807, 2.05) is 13.0 Å². The number of benzene rings is 1. The van der Waals surface area contributed by atoms with E-state index in [0.717, 1.165) is 18.6 Å². The molecule has 94 valence electrons. The van der Waals surface area contributed by atoms with Gasteiger partial charge >= 0.3 is 0 Å². The van der Waals surface area contributed by atoms with Crippen molar-refractivity contribution in [1.29, 1.82) is 0 Å². The SMILES string of the molecule is C=C(OCC)C(C1=CCCC=C1)c1ccccc1. The smallest absolute Gasteiger partial charge is 0.101 e.